The molecule has 0 aliphatic carbocycles. The smallest absolute Gasteiger partial charge is 0.315 e. The van der Waals surface area contributed by atoms with E-state index >= 15 is 0 Å². The number of nitrogens with one attached hydrogen (secondary N) is 2. The molecule has 2 rings (SSSR count). The van der Waals surface area contributed by atoms with Gasteiger partial charge in [-0.3, -0.25) is 0 Å². The first kappa shape index (κ1) is 17.8. The minimum Gasteiger partial charge on any atom is -0.497 e. The van der Waals surface area contributed by atoms with Crippen molar-refractivity contribution in [2.45, 2.75) is 38.8 Å². The lowest BCUT2D eigenvalue weighted by Crippen LogP contribution is -2.42. The average Bonchev–Trinajstić information content (AvgIpc) is 2.99. The summed E-state index contributed by atoms with van der Waals surface area (Å²) in [5.74, 6) is 1.57. The molecule has 1 aromatic heterocycles. The van der Waals surface area contributed by atoms with Crippen LogP contribution in [-0.4, -0.2) is 33.9 Å². The van der Waals surface area contributed by atoms with Crippen LogP contribution in [0, 0.1) is 0 Å². The van der Waals surface area contributed by atoms with Crippen LogP contribution < -0.4 is 15.4 Å². The molecule has 0 saturated carbocycles. The average molecular weight is 331 g/mol. The number of ether oxygens (including phenoxy) is 1. The molecule has 0 saturated heterocycles. The number of nitrogens with zero attached hydrogens (tertiary/aromatic N) is 3. The zero-order valence-electron chi connectivity index (χ0n) is 14.6. The highest BCUT2D eigenvalue weighted by molar-refractivity contribution is 5.74. The second-order valence-electron chi connectivity index (χ2n) is 5.93. The number of carbonyl (C=O) groups excluding carboxylic acids is 1. The van der Waals surface area contributed by atoms with Crippen molar-refractivity contribution in [3.05, 3.63) is 42.0 Å². The number of benzene rings is 1. The van der Waals surface area contributed by atoms with Crippen molar-refractivity contribution in [1.29, 1.82) is 0 Å². The van der Waals surface area contributed by atoms with Crippen molar-refractivity contribution < 1.29 is 9.53 Å². The molecule has 0 aliphatic heterocycles. The predicted molar refractivity (Wildman–Crippen MR) is 91.9 cm³/mol. The number of rotatable bonds is 7. The Morgan fingerprint density at radius 1 is 1.25 bits per heavy atom. The maximum absolute atomic E-state index is 12.1. The normalized spacial score (nSPS) is 13.2. The van der Waals surface area contributed by atoms with Crippen LogP contribution in [-0.2, 0) is 13.5 Å². The first-order valence-corrected chi connectivity index (χ1v) is 8.03. The molecular formula is C17H25N5O2. The van der Waals surface area contributed by atoms with E-state index in [1.54, 1.807) is 18.0 Å². The van der Waals surface area contributed by atoms with E-state index in [-0.39, 0.29) is 18.1 Å². The highest BCUT2D eigenvalue weighted by atomic mass is 16.5. The van der Waals surface area contributed by atoms with E-state index < -0.39 is 0 Å². The van der Waals surface area contributed by atoms with Crippen molar-refractivity contribution in [1.82, 2.24) is 25.4 Å². The SMILES string of the molecule is COc1ccc(CC[C@@H](C)NC(=O)N[C@H](C)c2nncn2C)cc1. The Bertz CT molecular complexity index is 653. The molecule has 1 heterocycles. The van der Waals surface area contributed by atoms with E-state index in [2.05, 4.69) is 20.8 Å². The second kappa shape index (κ2) is 8.33. The summed E-state index contributed by atoms with van der Waals surface area (Å²) in [6, 6.07) is 7.65. The summed E-state index contributed by atoms with van der Waals surface area (Å²) < 4.78 is 6.94. The van der Waals surface area contributed by atoms with Gasteiger partial charge in [-0.25, -0.2) is 4.79 Å². The maximum Gasteiger partial charge on any atom is 0.315 e. The highest BCUT2D eigenvalue weighted by Crippen LogP contribution is 2.13. The minimum atomic E-state index is -0.203. The van der Waals surface area contributed by atoms with E-state index in [1.165, 1.54) is 5.56 Å². The molecule has 24 heavy (non-hydrogen) atoms. The fourth-order valence-electron chi connectivity index (χ4n) is 2.46. The van der Waals surface area contributed by atoms with Crippen LogP contribution in [0.2, 0.25) is 0 Å². The van der Waals surface area contributed by atoms with Gasteiger partial charge in [0, 0.05) is 13.1 Å². The molecule has 7 heteroatoms. The van der Waals surface area contributed by atoms with E-state index in [0.717, 1.165) is 24.4 Å². The molecule has 2 atom stereocenters. The number of aryl methyl sites for hydroxylation is 2. The fraction of sp³-hybridized carbons (Fsp3) is 0.471. The Hall–Kier alpha value is -2.57. The van der Waals surface area contributed by atoms with Gasteiger partial charge in [-0.15, -0.1) is 10.2 Å². The van der Waals surface area contributed by atoms with Crippen LogP contribution in [0.1, 0.15) is 37.7 Å². The van der Waals surface area contributed by atoms with Crippen LogP contribution in [0.4, 0.5) is 4.79 Å². The van der Waals surface area contributed by atoms with E-state index in [4.69, 9.17) is 4.74 Å². The fourth-order valence-corrected chi connectivity index (χ4v) is 2.46. The van der Waals surface area contributed by atoms with Crippen LogP contribution in [0.3, 0.4) is 0 Å². The number of hydrogen-bond acceptors (Lipinski definition) is 4. The van der Waals surface area contributed by atoms with E-state index in [1.807, 2.05) is 45.2 Å². The summed E-state index contributed by atoms with van der Waals surface area (Å²) in [4.78, 5) is 12.1. The molecule has 7 nitrogen and oxygen atoms in total. The number of amides is 2. The standard InChI is InChI=1S/C17H25N5O2/c1-12(5-6-14-7-9-15(24-4)10-8-14)19-17(23)20-13(2)16-21-18-11-22(16)3/h7-13H,5-6H2,1-4H3,(H2,19,20,23)/t12-,13-/m1/s1. The lowest BCUT2D eigenvalue weighted by molar-refractivity contribution is 0.233. The van der Waals surface area contributed by atoms with Gasteiger partial charge in [0.2, 0.25) is 0 Å². The number of aromatic nitrogens is 3. The Balaban J connectivity index is 1.75. The lowest BCUT2D eigenvalue weighted by Gasteiger charge is -2.18. The van der Waals surface area contributed by atoms with Gasteiger partial charge in [0.05, 0.1) is 13.2 Å². The Morgan fingerprint density at radius 3 is 2.54 bits per heavy atom. The quantitative estimate of drug-likeness (QED) is 0.815. The molecule has 1 aromatic carbocycles. The van der Waals surface area contributed by atoms with Crippen molar-refractivity contribution in [2.75, 3.05) is 7.11 Å². The summed E-state index contributed by atoms with van der Waals surface area (Å²) in [5, 5.41) is 13.6. The Labute approximate surface area is 142 Å². The summed E-state index contributed by atoms with van der Waals surface area (Å²) in [7, 11) is 3.50. The van der Waals surface area contributed by atoms with E-state index in [0.29, 0.717) is 0 Å². The van der Waals surface area contributed by atoms with Crippen molar-refractivity contribution in [3.63, 3.8) is 0 Å². The predicted octanol–water partition coefficient (Wildman–Crippen LogP) is 2.21. The van der Waals surface area contributed by atoms with Crippen molar-refractivity contribution in [2.24, 2.45) is 7.05 Å². The molecule has 0 bridgehead atoms. The van der Waals surface area contributed by atoms with Crippen LogP contribution in [0.15, 0.2) is 30.6 Å². The molecule has 2 aromatic rings. The molecule has 0 aliphatic rings. The van der Waals surface area contributed by atoms with Gasteiger partial charge in [-0.05, 0) is 44.4 Å². The van der Waals surface area contributed by atoms with Gasteiger partial charge in [0.15, 0.2) is 5.82 Å². The Morgan fingerprint density at radius 2 is 1.96 bits per heavy atom. The molecule has 0 unspecified atom stereocenters. The highest BCUT2D eigenvalue weighted by Gasteiger charge is 2.15. The number of methoxy groups -OCH3 is 1. The zero-order chi connectivity index (χ0) is 17.5. The summed E-state index contributed by atoms with van der Waals surface area (Å²) in [6.45, 7) is 3.88. The summed E-state index contributed by atoms with van der Waals surface area (Å²) in [6.07, 6.45) is 3.37. The third-order valence-electron chi connectivity index (χ3n) is 3.88. The summed E-state index contributed by atoms with van der Waals surface area (Å²) in [5.41, 5.74) is 1.22. The van der Waals surface area contributed by atoms with Gasteiger partial charge < -0.3 is 19.9 Å². The molecule has 0 radical (unpaired) electrons. The first-order valence-electron chi connectivity index (χ1n) is 8.03. The third-order valence-corrected chi connectivity index (χ3v) is 3.88. The van der Waals surface area contributed by atoms with E-state index in [9.17, 15) is 4.79 Å². The molecular weight excluding hydrogens is 306 g/mol. The second-order valence-corrected chi connectivity index (χ2v) is 5.93. The van der Waals surface area contributed by atoms with Crippen molar-refractivity contribution >= 4 is 6.03 Å². The zero-order valence-corrected chi connectivity index (χ0v) is 14.6. The Kier molecular flexibility index (Phi) is 6.17. The molecule has 0 spiro atoms. The molecule has 2 N–H and O–H groups in total. The minimum absolute atomic E-state index is 0.0683. The van der Waals surface area contributed by atoms with Gasteiger partial charge in [-0.1, -0.05) is 12.1 Å². The maximum atomic E-state index is 12.1. The summed E-state index contributed by atoms with van der Waals surface area (Å²) >= 11 is 0. The van der Waals surface area contributed by atoms with Crippen LogP contribution in [0.5, 0.6) is 5.75 Å². The number of carbonyl (C=O) groups is 1. The largest absolute Gasteiger partial charge is 0.497 e. The van der Waals surface area contributed by atoms with Gasteiger partial charge in [0.25, 0.3) is 0 Å². The van der Waals surface area contributed by atoms with Crippen LogP contribution >= 0.6 is 0 Å². The molecule has 130 valence electrons. The van der Waals surface area contributed by atoms with Gasteiger partial charge in [-0.2, -0.15) is 0 Å². The number of urea groups is 1. The molecule has 0 fully saturated rings. The lowest BCUT2D eigenvalue weighted by atomic mass is 10.1. The van der Waals surface area contributed by atoms with Gasteiger partial charge in [0.1, 0.15) is 12.1 Å². The number of hydrogen-bond donors (Lipinski definition) is 2. The monoisotopic (exact) mass is 331 g/mol. The van der Waals surface area contributed by atoms with Crippen molar-refractivity contribution in [3.8, 4) is 5.75 Å². The molecule has 2 amide bonds. The van der Waals surface area contributed by atoms with Crippen LogP contribution in [0.25, 0.3) is 0 Å². The first-order chi connectivity index (χ1) is 11.5. The topological polar surface area (TPSA) is 81.1 Å². The van der Waals surface area contributed by atoms with Gasteiger partial charge >= 0.3 is 6.03 Å². The third kappa shape index (κ3) is 4.97.